The average molecular weight is 347 g/mol. The lowest BCUT2D eigenvalue weighted by Crippen LogP contribution is -2.42. The molecule has 4 N–H and O–H groups in total. The van der Waals surface area contributed by atoms with E-state index in [0.29, 0.717) is 17.0 Å². The van der Waals surface area contributed by atoms with Crippen LogP contribution in [0.4, 0.5) is 5.69 Å². The number of thioether (sulfide) groups is 1. The summed E-state index contributed by atoms with van der Waals surface area (Å²) < 4.78 is 0.761. The van der Waals surface area contributed by atoms with Crippen molar-refractivity contribution in [2.45, 2.75) is 19.4 Å². The minimum absolute atomic E-state index is 0.207. The number of benzene rings is 1. The lowest BCUT2D eigenvalue weighted by molar-refractivity contribution is 0.0724. The van der Waals surface area contributed by atoms with Crippen LogP contribution >= 0.6 is 27.7 Å². The first-order valence-corrected chi connectivity index (χ1v) is 8.00. The largest absolute Gasteiger partial charge is 0.398 e. The normalized spacial score (nSPS) is 13.9. The highest BCUT2D eigenvalue weighted by Crippen LogP contribution is 2.22. The van der Waals surface area contributed by atoms with Gasteiger partial charge in [-0.15, -0.1) is 0 Å². The molecule has 0 saturated carbocycles. The SMILES string of the molecule is CSCC(C)(O)CNC(=O)c1cc(Br)cc(N)c1C. The molecule has 6 heteroatoms. The van der Waals surface area contributed by atoms with Crippen molar-refractivity contribution >= 4 is 39.3 Å². The van der Waals surface area contributed by atoms with Crippen LogP contribution < -0.4 is 11.1 Å². The van der Waals surface area contributed by atoms with Crippen LogP contribution in [-0.2, 0) is 0 Å². The Balaban J connectivity index is 2.80. The zero-order valence-corrected chi connectivity index (χ0v) is 13.7. The molecule has 0 aliphatic carbocycles. The molecule has 1 aromatic carbocycles. The number of hydrogen-bond donors (Lipinski definition) is 3. The van der Waals surface area contributed by atoms with Crippen LogP contribution in [-0.4, -0.2) is 35.2 Å². The maximum atomic E-state index is 12.1. The third-order valence-electron chi connectivity index (χ3n) is 2.74. The van der Waals surface area contributed by atoms with E-state index in [1.165, 1.54) is 11.8 Å². The second kappa shape index (κ2) is 6.63. The molecule has 4 nitrogen and oxygen atoms in total. The van der Waals surface area contributed by atoms with Gasteiger partial charge in [-0.05, 0) is 37.8 Å². The smallest absolute Gasteiger partial charge is 0.251 e. The third-order valence-corrected chi connectivity index (χ3v) is 4.11. The summed E-state index contributed by atoms with van der Waals surface area (Å²) >= 11 is 4.85. The van der Waals surface area contributed by atoms with E-state index in [0.717, 1.165) is 10.0 Å². The van der Waals surface area contributed by atoms with E-state index in [4.69, 9.17) is 5.73 Å². The van der Waals surface area contributed by atoms with E-state index in [1.807, 2.05) is 6.26 Å². The number of nitrogens with one attached hydrogen (secondary N) is 1. The average Bonchev–Trinajstić information content (AvgIpc) is 2.31. The second-order valence-corrected chi connectivity index (χ2v) is 6.56. The van der Waals surface area contributed by atoms with Gasteiger partial charge in [-0.2, -0.15) is 11.8 Å². The van der Waals surface area contributed by atoms with Crippen LogP contribution in [0.2, 0.25) is 0 Å². The van der Waals surface area contributed by atoms with Gasteiger partial charge in [0.15, 0.2) is 0 Å². The molecule has 0 fully saturated rings. The maximum Gasteiger partial charge on any atom is 0.251 e. The van der Waals surface area contributed by atoms with E-state index in [2.05, 4.69) is 21.2 Å². The molecule has 1 atom stereocenters. The van der Waals surface area contributed by atoms with E-state index < -0.39 is 5.60 Å². The van der Waals surface area contributed by atoms with Crippen molar-refractivity contribution in [3.63, 3.8) is 0 Å². The van der Waals surface area contributed by atoms with Gasteiger partial charge in [0.05, 0.1) is 5.60 Å². The molecule has 0 aliphatic rings. The Morgan fingerprint density at radius 2 is 2.21 bits per heavy atom. The maximum absolute atomic E-state index is 12.1. The number of hydrogen-bond acceptors (Lipinski definition) is 4. The number of nitrogens with two attached hydrogens (primary N) is 1. The number of anilines is 1. The first kappa shape index (κ1) is 16.3. The van der Waals surface area contributed by atoms with Gasteiger partial charge in [0.25, 0.3) is 5.91 Å². The molecule has 0 aliphatic heterocycles. The molecule has 0 saturated heterocycles. The second-order valence-electron chi connectivity index (χ2n) is 4.78. The first-order valence-electron chi connectivity index (χ1n) is 5.82. The van der Waals surface area contributed by atoms with Crippen LogP contribution in [0, 0.1) is 6.92 Å². The van der Waals surface area contributed by atoms with Gasteiger partial charge >= 0.3 is 0 Å². The van der Waals surface area contributed by atoms with Crippen molar-refractivity contribution in [2.75, 3.05) is 24.3 Å². The van der Waals surface area contributed by atoms with E-state index >= 15 is 0 Å². The molecule has 0 heterocycles. The summed E-state index contributed by atoms with van der Waals surface area (Å²) in [7, 11) is 0. The fourth-order valence-corrected chi connectivity index (χ4v) is 2.86. The third kappa shape index (κ3) is 4.71. The molecule has 1 aromatic rings. The van der Waals surface area contributed by atoms with Crippen molar-refractivity contribution in [2.24, 2.45) is 0 Å². The van der Waals surface area contributed by atoms with Gasteiger partial charge in [0, 0.05) is 28.0 Å². The highest BCUT2D eigenvalue weighted by atomic mass is 79.9. The summed E-state index contributed by atoms with van der Waals surface area (Å²) in [5.74, 6) is 0.333. The molecule has 106 valence electrons. The van der Waals surface area contributed by atoms with Crippen molar-refractivity contribution in [3.05, 3.63) is 27.7 Å². The minimum atomic E-state index is -0.916. The molecule has 1 unspecified atom stereocenters. The van der Waals surface area contributed by atoms with E-state index in [-0.39, 0.29) is 12.5 Å². The highest BCUT2D eigenvalue weighted by molar-refractivity contribution is 9.10. The lowest BCUT2D eigenvalue weighted by atomic mass is 10.1. The minimum Gasteiger partial charge on any atom is -0.398 e. The van der Waals surface area contributed by atoms with Crippen molar-refractivity contribution in [1.82, 2.24) is 5.32 Å². The monoisotopic (exact) mass is 346 g/mol. The van der Waals surface area contributed by atoms with Gasteiger partial charge in [-0.3, -0.25) is 4.79 Å². The van der Waals surface area contributed by atoms with Crippen LogP contribution in [0.5, 0.6) is 0 Å². The number of nitrogen functional groups attached to an aromatic ring is 1. The standard InChI is InChI=1S/C13H19BrN2O2S/c1-8-10(4-9(14)5-11(8)15)12(17)16-6-13(2,18)7-19-3/h4-5,18H,6-7,15H2,1-3H3,(H,16,17). The fourth-order valence-electron chi connectivity index (χ4n) is 1.66. The van der Waals surface area contributed by atoms with E-state index in [9.17, 15) is 9.90 Å². The van der Waals surface area contributed by atoms with Crippen molar-refractivity contribution in [3.8, 4) is 0 Å². The van der Waals surface area contributed by atoms with Gasteiger partial charge in [0.2, 0.25) is 0 Å². The van der Waals surface area contributed by atoms with Crippen LogP contribution in [0.3, 0.4) is 0 Å². The Morgan fingerprint density at radius 1 is 1.58 bits per heavy atom. The first-order chi connectivity index (χ1) is 8.76. The molecular formula is C13H19BrN2O2S. The summed E-state index contributed by atoms with van der Waals surface area (Å²) in [6.45, 7) is 3.71. The predicted octanol–water partition coefficient (Wildman–Crippen LogP) is 2.18. The van der Waals surface area contributed by atoms with Crippen molar-refractivity contribution < 1.29 is 9.90 Å². The lowest BCUT2D eigenvalue weighted by Gasteiger charge is -2.22. The highest BCUT2D eigenvalue weighted by Gasteiger charge is 2.21. The Morgan fingerprint density at radius 3 is 2.79 bits per heavy atom. The summed E-state index contributed by atoms with van der Waals surface area (Å²) in [4.78, 5) is 12.1. The zero-order chi connectivity index (χ0) is 14.6. The molecule has 0 aromatic heterocycles. The Hall–Kier alpha value is -0.720. The number of carbonyl (C=O) groups is 1. The summed E-state index contributed by atoms with van der Waals surface area (Å²) in [5, 5.41) is 12.8. The van der Waals surface area contributed by atoms with Gasteiger partial charge in [0.1, 0.15) is 0 Å². The molecule has 0 spiro atoms. The summed E-state index contributed by atoms with van der Waals surface area (Å²) in [5.41, 5.74) is 6.74. The van der Waals surface area contributed by atoms with Gasteiger partial charge in [-0.1, -0.05) is 15.9 Å². The van der Waals surface area contributed by atoms with Crippen LogP contribution in [0.25, 0.3) is 0 Å². The number of amides is 1. The number of rotatable bonds is 5. The quantitative estimate of drug-likeness (QED) is 0.714. The Bertz CT molecular complexity index is 478. The molecule has 19 heavy (non-hydrogen) atoms. The summed E-state index contributed by atoms with van der Waals surface area (Å²) in [6.07, 6.45) is 1.91. The number of carbonyl (C=O) groups excluding carboxylic acids is 1. The molecule has 1 amide bonds. The van der Waals surface area contributed by atoms with E-state index in [1.54, 1.807) is 26.0 Å². The molecule has 1 rings (SSSR count). The predicted molar refractivity (Wildman–Crippen MR) is 84.6 cm³/mol. The fraction of sp³-hybridized carbons (Fsp3) is 0.462. The van der Waals surface area contributed by atoms with Crippen molar-refractivity contribution in [1.29, 1.82) is 0 Å². The molecule has 0 bridgehead atoms. The topological polar surface area (TPSA) is 75.3 Å². The molecular weight excluding hydrogens is 328 g/mol. The summed E-state index contributed by atoms with van der Waals surface area (Å²) in [6, 6.07) is 3.49. The zero-order valence-electron chi connectivity index (χ0n) is 11.3. The number of aliphatic hydroxyl groups is 1. The van der Waals surface area contributed by atoms with Crippen LogP contribution in [0.1, 0.15) is 22.8 Å². The van der Waals surface area contributed by atoms with Crippen LogP contribution in [0.15, 0.2) is 16.6 Å². The Kier molecular flexibility index (Phi) is 5.70. The number of halogens is 1. The van der Waals surface area contributed by atoms with Gasteiger partial charge in [-0.25, -0.2) is 0 Å². The Labute approximate surface area is 126 Å². The van der Waals surface area contributed by atoms with Gasteiger partial charge < -0.3 is 16.2 Å². The molecule has 0 radical (unpaired) electrons.